The van der Waals surface area contributed by atoms with Crippen molar-refractivity contribution in [2.45, 2.75) is 20.3 Å². The Balaban J connectivity index is 2.05. The van der Waals surface area contributed by atoms with Crippen LogP contribution in [0.3, 0.4) is 0 Å². The van der Waals surface area contributed by atoms with Gasteiger partial charge in [0.2, 0.25) is 5.71 Å². The Hall–Kier alpha value is -2.62. The molecule has 2 heterocycles. The molecule has 0 radical (unpaired) electrons. The first-order valence-corrected chi connectivity index (χ1v) is 9.73. The number of carbonyl (C=O) groups is 1. The summed E-state index contributed by atoms with van der Waals surface area (Å²) in [6, 6.07) is 17.1. The lowest BCUT2D eigenvalue weighted by molar-refractivity contribution is 0.0962. The van der Waals surface area contributed by atoms with Crippen molar-refractivity contribution in [2.24, 2.45) is 0 Å². The molecular weight excluding hydrogens is 393 g/mol. The van der Waals surface area contributed by atoms with Gasteiger partial charge in [-0.15, -0.1) is 0 Å². The van der Waals surface area contributed by atoms with Gasteiger partial charge in [0.1, 0.15) is 0 Å². The summed E-state index contributed by atoms with van der Waals surface area (Å²) in [6.45, 7) is 3.70. The van der Waals surface area contributed by atoms with E-state index in [1.807, 2.05) is 68.4 Å². The minimum Gasteiger partial charge on any atom is -0.434 e. The Labute approximate surface area is 172 Å². The van der Waals surface area contributed by atoms with Gasteiger partial charge >= 0.3 is 0 Å². The molecule has 0 bridgehead atoms. The summed E-state index contributed by atoms with van der Waals surface area (Å²) < 4.78 is 5.84. The molecule has 0 aliphatic heterocycles. The molecule has 0 fully saturated rings. The van der Waals surface area contributed by atoms with E-state index in [0.29, 0.717) is 33.6 Å². The maximum Gasteiger partial charge on any atom is 0.227 e. The van der Waals surface area contributed by atoms with Gasteiger partial charge in [0.05, 0.1) is 5.69 Å². The molecule has 140 valence electrons. The highest BCUT2D eigenvalue weighted by molar-refractivity contribution is 6.33. The molecule has 0 saturated carbocycles. The number of furan rings is 1. The van der Waals surface area contributed by atoms with Crippen LogP contribution in [0.4, 0.5) is 0 Å². The highest BCUT2D eigenvalue weighted by Crippen LogP contribution is 2.38. The van der Waals surface area contributed by atoms with E-state index in [0.717, 1.165) is 27.6 Å². The molecule has 0 spiro atoms. The van der Waals surface area contributed by atoms with Crippen molar-refractivity contribution in [3.8, 4) is 22.4 Å². The molecule has 2 aromatic heterocycles. The Bertz CT molecular complexity index is 1190. The molecule has 0 atom stereocenters. The Morgan fingerprint density at radius 1 is 1.04 bits per heavy atom. The molecule has 2 aromatic carbocycles. The second-order valence-electron chi connectivity index (χ2n) is 6.56. The van der Waals surface area contributed by atoms with E-state index in [1.165, 1.54) is 0 Å². The van der Waals surface area contributed by atoms with E-state index in [-0.39, 0.29) is 5.78 Å². The zero-order chi connectivity index (χ0) is 19.8. The van der Waals surface area contributed by atoms with E-state index in [9.17, 15) is 4.79 Å². The monoisotopic (exact) mass is 409 g/mol. The Kier molecular flexibility index (Phi) is 4.96. The van der Waals surface area contributed by atoms with Crippen LogP contribution in [0.1, 0.15) is 29.5 Å². The largest absolute Gasteiger partial charge is 0.434 e. The van der Waals surface area contributed by atoms with Crippen molar-refractivity contribution >= 4 is 40.1 Å². The average Bonchev–Trinajstić information content (AvgIpc) is 3.03. The van der Waals surface area contributed by atoms with Crippen LogP contribution >= 0.6 is 23.2 Å². The summed E-state index contributed by atoms with van der Waals surface area (Å²) in [5.41, 5.74) is 4.59. The van der Waals surface area contributed by atoms with Crippen LogP contribution in [-0.2, 0) is 0 Å². The number of aromatic nitrogens is 1. The predicted molar refractivity (Wildman–Crippen MR) is 114 cm³/mol. The number of carbonyl (C=O) groups excluding carboxylic acids is 1. The van der Waals surface area contributed by atoms with Crippen molar-refractivity contribution in [1.29, 1.82) is 0 Å². The predicted octanol–water partition coefficient (Wildman–Crippen LogP) is 7.37. The number of hydrogen-bond donors (Lipinski definition) is 0. The van der Waals surface area contributed by atoms with Crippen molar-refractivity contribution in [3.05, 3.63) is 76.0 Å². The number of nitrogens with zero attached hydrogens (tertiary/aromatic N) is 1. The number of halogens is 2. The third-order valence-electron chi connectivity index (χ3n) is 4.79. The third kappa shape index (κ3) is 3.21. The van der Waals surface area contributed by atoms with Crippen molar-refractivity contribution in [1.82, 2.24) is 4.98 Å². The number of benzene rings is 2. The molecule has 0 aliphatic carbocycles. The molecule has 0 unspecified atom stereocenters. The second kappa shape index (κ2) is 7.42. The molecule has 4 rings (SSSR count). The maximum atomic E-state index is 12.2. The summed E-state index contributed by atoms with van der Waals surface area (Å²) in [4.78, 5) is 17.0. The standard InChI is InChI=1S/C23H17Cl2NO2/c1-3-20(27)22-13(2)17-12-18(14-8-10-15(24)11-9-14)21(26-23(17)28-22)16-6-4-5-7-19(16)25/h4-12H,3H2,1-2H3. The quantitative estimate of drug-likeness (QED) is 0.330. The molecule has 0 amide bonds. The smallest absolute Gasteiger partial charge is 0.227 e. The zero-order valence-electron chi connectivity index (χ0n) is 15.4. The number of fused-ring (bicyclic) bond motifs is 1. The first-order chi connectivity index (χ1) is 13.5. The van der Waals surface area contributed by atoms with Crippen molar-refractivity contribution in [3.63, 3.8) is 0 Å². The van der Waals surface area contributed by atoms with Gasteiger partial charge in [-0.1, -0.05) is 60.5 Å². The normalized spacial score (nSPS) is 11.1. The molecule has 3 nitrogen and oxygen atoms in total. The van der Waals surface area contributed by atoms with E-state index in [1.54, 1.807) is 0 Å². The summed E-state index contributed by atoms with van der Waals surface area (Å²) in [7, 11) is 0. The Morgan fingerprint density at radius 3 is 2.43 bits per heavy atom. The van der Waals surface area contributed by atoms with Gasteiger partial charge in [-0.3, -0.25) is 4.79 Å². The maximum absolute atomic E-state index is 12.2. The second-order valence-corrected chi connectivity index (χ2v) is 7.40. The van der Waals surface area contributed by atoms with Crippen LogP contribution < -0.4 is 0 Å². The fraction of sp³-hybridized carbons (Fsp3) is 0.130. The van der Waals surface area contributed by atoms with E-state index in [2.05, 4.69) is 0 Å². The van der Waals surface area contributed by atoms with Crippen LogP contribution in [0, 0.1) is 6.92 Å². The SMILES string of the molecule is CCC(=O)c1oc2nc(-c3ccccc3Cl)c(-c3ccc(Cl)cc3)cc2c1C. The number of hydrogen-bond acceptors (Lipinski definition) is 3. The fourth-order valence-corrected chi connectivity index (χ4v) is 3.62. The lowest BCUT2D eigenvalue weighted by Crippen LogP contribution is -1.95. The molecule has 0 saturated heterocycles. The van der Waals surface area contributed by atoms with Crippen LogP contribution in [0.2, 0.25) is 10.0 Å². The van der Waals surface area contributed by atoms with Crippen LogP contribution in [0.5, 0.6) is 0 Å². The van der Waals surface area contributed by atoms with Gasteiger partial charge in [-0.2, -0.15) is 0 Å². The number of pyridine rings is 1. The summed E-state index contributed by atoms with van der Waals surface area (Å²) >= 11 is 12.5. The number of aryl methyl sites for hydroxylation is 1. The number of rotatable bonds is 4. The molecule has 28 heavy (non-hydrogen) atoms. The molecule has 4 aromatic rings. The summed E-state index contributed by atoms with van der Waals surface area (Å²) in [6.07, 6.45) is 0.377. The van der Waals surface area contributed by atoms with Crippen molar-refractivity contribution < 1.29 is 9.21 Å². The van der Waals surface area contributed by atoms with E-state index >= 15 is 0 Å². The summed E-state index contributed by atoms with van der Waals surface area (Å²) in [5, 5.41) is 2.07. The number of Topliss-reactive ketones (excluding diaryl/α,β-unsaturated/α-hetero) is 1. The van der Waals surface area contributed by atoms with Gasteiger partial charge in [0.15, 0.2) is 11.5 Å². The third-order valence-corrected chi connectivity index (χ3v) is 5.37. The van der Waals surface area contributed by atoms with Gasteiger partial charge in [0.25, 0.3) is 0 Å². The van der Waals surface area contributed by atoms with Gasteiger partial charge < -0.3 is 4.42 Å². The van der Waals surface area contributed by atoms with E-state index in [4.69, 9.17) is 32.6 Å². The minimum absolute atomic E-state index is 0.0390. The van der Waals surface area contributed by atoms with Gasteiger partial charge in [0, 0.05) is 38.5 Å². The number of ketones is 1. The lowest BCUT2D eigenvalue weighted by atomic mass is 9.97. The van der Waals surface area contributed by atoms with Crippen LogP contribution in [0.15, 0.2) is 59.0 Å². The minimum atomic E-state index is -0.0390. The molecule has 0 aliphatic rings. The average molecular weight is 410 g/mol. The van der Waals surface area contributed by atoms with Gasteiger partial charge in [-0.05, 0) is 36.8 Å². The fourth-order valence-electron chi connectivity index (χ4n) is 3.27. The van der Waals surface area contributed by atoms with Gasteiger partial charge in [-0.25, -0.2) is 4.98 Å². The zero-order valence-corrected chi connectivity index (χ0v) is 16.9. The van der Waals surface area contributed by atoms with Crippen LogP contribution in [-0.4, -0.2) is 10.8 Å². The highest BCUT2D eigenvalue weighted by Gasteiger charge is 2.21. The van der Waals surface area contributed by atoms with E-state index < -0.39 is 0 Å². The lowest BCUT2D eigenvalue weighted by Gasteiger charge is -2.11. The van der Waals surface area contributed by atoms with Crippen molar-refractivity contribution in [2.75, 3.05) is 0 Å². The van der Waals surface area contributed by atoms with Crippen LogP contribution in [0.25, 0.3) is 33.5 Å². The Morgan fingerprint density at radius 2 is 1.75 bits per heavy atom. The first kappa shape index (κ1) is 18.7. The molecular formula is C23H17Cl2NO2. The molecule has 0 N–H and O–H groups in total. The summed E-state index contributed by atoms with van der Waals surface area (Å²) in [5.74, 6) is 0.325. The topological polar surface area (TPSA) is 43.1 Å². The first-order valence-electron chi connectivity index (χ1n) is 8.97. The molecule has 5 heteroatoms. The highest BCUT2D eigenvalue weighted by atomic mass is 35.5.